The molecule has 0 aromatic heterocycles. The standard InChI is InChI=1S/C14H14ClN3O2/c15-11-3-5-12(6-4-11)17-9-13(19)18(14(20)10-17)8-2-1-7-16/h3-6H,1-2,8-10H2. The first-order chi connectivity index (χ1) is 9.61. The molecule has 5 nitrogen and oxygen atoms in total. The maximum atomic E-state index is 12.0. The summed E-state index contributed by atoms with van der Waals surface area (Å²) in [6.45, 7) is 0.652. The fourth-order valence-electron chi connectivity index (χ4n) is 2.09. The number of unbranched alkanes of at least 4 members (excludes halogenated alkanes) is 1. The molecule has 20 heavy (non-hydrogen) atoms. The summed E-state index contributed by atoms with van der Waals surface area (Å²) in [5, 5.41) is 9.10. The van der Waals surface area contributed by atoms with Gasteiger partial charge in [-0.2, -0.15) is 5.26 Å². The summed E-state index contributed by atoms with van der Waals surface area (Å²) in [5.41, 5.74) is 0.799. The summed E-state index contributed by atoms with van der Waals surface area (Å²) in [6.07, 6.45) is 0.868. The van der Waals surface area contributed by atoms with E-state index in [0.29, 0.717) is 24.4 Å². The Balaban J connectivity index is 2.02. The summed E-state index contributed by atoms with van der Waals surface area (Å²) < 4.78 is 0. The maximum Gasteiger partial charge on any atom is 0.248 e. The zero-order chi connectivity index (χ0) is 14.5. The minimum Gasteiger partial charge on any atom is -0.353 e. The summed E-state index contributed by atoms with van der Waals surface area (Å²) in [5.74, 6) is -0.455. The molecule has 1 heterocycles. The van der Waals surface area contributed by atoms with Crippen molar-refractivity contribution in [2.45, 2.75) is 12.8 Å². The Labute approximate surface area is 122 Å². The number of rotatable bonds is 4. The molecule has 2 rings (SSSR count). The normalized spacial score (nSPS) is 15.4. The lowest BCUT2D eigenvalue weighted by molar-refractivity contribution is -0.145. The molecule has 1 saturated heterocycles. The molecule has 0 atom stereocenters. The van der Waals surface area contributed by atoms with E-state index in [1.807, 2.05) is 6.07 Å². The Morgan fingerprint density at radius 1 is 1.15 bits per heavy atom. The Kier molecular flexibility index (Phi) is 4.59. The van der Waals surface area contributed by atoms with Crippen LogP contribution in [0.3, 0.4) is 0 Å². The van der Waals surface area contributed by atoms with Crippen molar-refractivity contribution in [3.8, 4) is 6.07 Å². The van der Waals surface area contributed by atoms with Crippen LogP contribution < -0.4 is 4.90 Å². The third-order valence-electron chi connectivity index (χ3n) is 3.12. The van der Waals surface area contributed by atoms with Crippen molar-refractivity contribution >= 4 is 29.1 Å². The van der Waals surface area contributed by atoms with Gasteiger partial charge in [0.15, 0.2) is 0 Å². The quantitative estimate of drug-likeness (QED) is 0.627. The van der Waals surface area contributed by atoms with Gasteiger partial charge in [-0.15, -0.1) is 0 Å². The van der Waals surface area contributed by atoms with Crippen LogP contribution in [0.25, 0.3) is 0 Å². The second-order valence-corrected chi connectivity index (χ2v) is 4.97. The van der Waals surface area contributed by atoms with E-state index in [-0.39, 0.29) is 24.9 Å². The highest BCUT2D eigenvalue weighted by Crippen LogP contribution is 2.20. The second kappa shape index (κ2) is 6.40. The monoisotopic (exact) mass is 291 g/mol. The van der Waals surface area contributed by atoms with E-state index in [9.17, 15) is 9.59 Å². The first-order valence-electron chi connectivity index (χ1n) is 6.32. The zero-order valence-electron chi connectivity index (χ0n) is 10.9. The van der Waals surface area contributed by atoms with Crippen LogP contribution in [0.2, 0.25) is 5.02 Å². The lowest BCUT2D eigenvalue weighted by atomic mass is 10.2. The molecule has 0 radical (unpaired) electrons. The second-order valence-electron chi connectivity index (χ2n) is 4.53. The van der Waals surface area contributed by atoms with Crippen molar-refractivity contribution in [2.75, 3.05) is 24.5 Å². The molecule has 0 spiro atoms. The Morgan fingerprint density at radius 2 is 1.75 bits per heavy atom. The summed E-state index contributed by atoms with van der Waals surface area (Å²) in [6, 6.07) is 9.03. The number of nitrogens with zero attached hydrogens (tertiary/aromatic N) is 3. The fraction of sp³-hybridized carbons (Fsp3) is 0.357. The number of carbonyl (C=O) groups excluding carboxylic acids is 2. The van der Waals surface area contributed by atoms with E-state index >= 15 is 0 Å². The van der Waals surface area contributed by atoms with Crippen LogP contribution in [0.4, 0.5) is 5.69 Å². The largest absolute Gasteiger partial charge is 0.353 e. The molecule has 104 valence electrons. The molecule has 1 aliphatic rings. The Hall–Kier alpha value is -2.06. The van der Waals surface area contributed by atoms with Crippen molar-refractivity contribution in [1.82, 2.24) is 4.90 Å². The predicted molar refractivity (Wildman–Crippen MR) is 75.2 cm³/mol. The molecule has 1 aliphatic heterocycles. The number of piperazine rings is 1. The maximum absolute atomic E-state index is 12.0. The topological polar surface area (TPSA) is 64.4 Å². The molecule has 1 fully saturated rings. The van der Waals surface area contributed by atoms with Gasteiger partial charge in [-0.1, -0.05) is 11.6 Å². The minimum atomic E-state index is -0.228. The number of hydrogen-bond acceptors (Lipinski definition) is 4. The predicted octanol–water partition coefficient (Wildman–Crippen LogP) is 1.82. The Bertz CT molecular complexity index is 533. The zero-order valence-corrected chi connectivity index (χ0v) is 11.6. The van der Waals surface area contributed by atoms with E-state index in [4.69, 9.17) is 16.9 Å². The van der Waals surface area contributed by atoms with Crippen LogP contribution in [-0.4, -0.2) is 36.3 Å². The van der Waals surface area contributed by atoms with Crippen molar-refractivity contribution in [1.29, 1.82) is 5.26 Å². The summed E-state index contributed by atoms with van der Waals surface area (Å²) in [7, 11) is 0. The summed E-state index contributed by atoms with van der Waals surface area (Å²) in [4.78, 5) is 27.0. The average Bonchev–Trinajstić information content (AvgIpc) is 2.42. The van der Waals surface area contributed by atoms with E-state index in [1.54, 1.807) is 29.2 Å². The molecule has 0 aliphatic carbocycles. The van der Waals surface area contributed by atoms with Gasteiger partial charge in [0, 0.05) is 23.7 Å². The van der Waals surface area contributed by atoms with Crippen LogP contribution in [0.5, 0.6) is 0 Å². The van der Waals surface area contributed by atoms with E-state index in [1.165, 1.54) is 4.90 Å². The highest BCUT2D eigenvalue weighted by atomic mass is 35.5. The van der Waals surface area contributed by atoms with Gasteiger partial charge in [-0.25, -0.2) is 0 Å². The molecule has 6 heteroatoms. The van der Waals surface area contributed by atoms with Gasteiger partial charge in [0.25, 0.3) is 0 Å². The van der Waals surface area contributed by atoms with Crippen molar-refractivity contribution in [2.24, 2.45) is 0 Å². The summed E-state index contributed by atoms with van der Waals surface area (Å²) >= 11 is 5.82. The van der Waals surface area contributed by atoms with E-state index < -0.39 is 0 Å². The van der Waals surface area contributed by atoms with E-state index in [2.05, 4.69) is 0 Å². The lowest BCUT2D eigenvalue weighted by Gasteiger charge is -2.33. The third kappa shape index (κ3) is 3.28. The number of anilines is 1. The van der Waals surface area contributed by atoms with Crippen molar-refractivity contribution in [3.63, 3.8) is 0 Å². The molecule has 0 unspecified atom stereocenters. The highest BCUT2D eigenvalue weighted by molar-refractivity contribution is 6.30. The van der Waals surface area contributed by atoms with Crippen LogP contribution in [0.15, 0.2) is 24.3 Å². The number of hydrogen-bond donors (Lipinski definition) is 0. The number of amides is 2. The first-order valence-corrected chi connectivity index (χ1v) is 6.70. The van der Waals surface area contributed by atoms with Crippen molar-refractivity contribution in [3.05, 3.63) is 29.3 Å². The number of imide groups is 1. The van der Waals surface area contributed by atoms with Gasteiger partial charge in [0.05, 0.1) is 19.2 Å². The molecule has 1 aromatic carbocycles. The smallest absolute Gasteiger partial charge is 0.248 e. The van der Waals surface area contributed by atoms with Crippen LogP contribution in [-0.2, 0) is 9.59 Å². The molecular formula is C14H14ClN3O2. The van der Waals surface area contributed by atoms with Gasteiger partial charge in [-0.3, -0.25) is 14.5 Å². The molecule has 1 aromatic rings. The first kappa shape index (κ1) is 14.4. The molecule has 2 amide bonds. The van der Waals surface area contributed by atoms with Crippen LogP contribution >= 0.6 is 11.6 Å². The third-order valence-corrected chi connectivity index (χ3v) is 3.37. The number of halogens is 1. The lowest BCUT2D eigenvalue weighted by Crippen LogP contribution is -2.54. The minimum absolute atomic E-state index is 0.167. The van der Waals surface area contributed by atoms with Crippen LogP contribution in [0, 0.1) is 11.3 Å². The van der Waals surface area contributed by atoms with Gasteiger partial charge in [0.2, 0.25) is 11.8 Å². The Morgan fingerprint density at radius 3 is 2.30 bits per heavy atom. The molecule has 0 bridgehead atoms. The number of benzene rings is 1. The molecular weight excluding hydrogens is 278 g/mol. The molecule has 0 N–H and O–H groups in total. The SMILES string of the molecule is N#CCCCN1C(=O)CN(c2ccc(Cl)cc2)CC1=O. The van der Waals surface area contributed by atoms with Gasteiger partial charge in [0.1, 0.15) is 0 Å². The van der Waals surface area contributed by atoms with Gasteiger partial charge >= 0.3 is 0 Å². The average molecular weight is 292 g/mol. The van der Waals surface area contributed by atoms with E-state index in [0.717, 1.165) is 5.69 Å². The fourth-order valence-corrected chi connectivity index (χ4v) is 2.22. The molecule has 0 saturated carbocycles. The highest BCUT2D eigenvalue weighted by Gasteiger charge is 2.30. The van der Waals surface area contributed by atoms with Gasteiger partial charge < -0.3 is 4.90 Å². The van der Waals surface area contributed by atoms with Gasteiger partial charge in [-0.05, 0) is 30.7 Å². The number of nitriles is 1. The number of carbonyl (C=O) groups is 2. The van der Waals surface area contributed by atoms with Crippen LogP contribution in [0.1, 0.15) is 12.8 Å². The van der Waals surface area contributed by atoms with Crippen molar-refractivity contribution < 1.29 is 9.59 Å².